The van der Waals surface area contributed by atoms with E-state index in [1.807, 2.05) is 41.3 Å². The number of nitrogens with zero attached hydrogens (tertiary/aromatic N) is 2. The highest BCUT2D eigenvalue weighted by Gasteiger charge is 2.27. The van der Waals surface area contributed by atoms with Gasteiger partial charge in [0.25, 0.3) is 5.91 Å². The van der Waals surface area contributed by atoms with Crippen molar-refractivity contribution in [3.05, 3.63) is 58.8 Å². The van der Waals surface area contributed by atoms with E-state index < -0.39 is 6.10 Å². The lowest BCUT2D eigenvalue weighted by atomic mass is 10.2. The topological polar surface area (TPSA) is 51.7 Å². The third-order valence-electron chi connectivity index (χ3n) is 4.33. The van der Waals surface area contributed by atoms with Crippen LogP contribution in [0.3, 0.4) is 0 Å². The predicted octanol–water partition coefficient (Wildman–Crippen LogP) is 3.82. The highest BCUT2D eigenvalue weighted by Crippen LogP contribution is 2.20. The average molecular weight is 419 g/mol. The Morgan fingerprint density at radius 2 is 2.19 bits per heavy atom. The van der Waals surface area contributed by atoms with Gasteiger partial charge < -0.3 is 14.4 Å². The van der Waals surface area contributed by atoms with E-state index in [1.54, 1.807) is 19.3 Å². The summed E-state index contributed by atoms with van der Waals surface area (Å²) in [5, 5.41) is 0. The van der Waals surface area contributed by atoms with E-state index >= 15 is 0 Å². The molecule has 0 saturated carbocycles. The number of pyridine rings is 1. The van der Waals surface area contributed by atoms with Gasteiger partial charge in [0.15, 0.2) is 6.10 Å². The third-order valence-corrected chi connectivity index (χ3v) is 4.86. The predicted molar refractivity (Wildman–Crippen MR) is 103 cm³/mol. The molecular weight excluding hydrogens is 396 g/mol. The second-order valence-corrected chi connectivity index (χ2v) is 7.34. The van der Waals surface area contributed by atoms with Crippen molar-refractivity contribution in [2.75, 3.05) is 13.2 Å². The number of halogens is 1. The van der Waals surface area contributed by atoms with E-state index in [2.05, 4.69) is 20.9 Å². The lowest BCUT2D eigenvalue weighted by molar-refractivity contribution is -0.140. The fourth-order valence-electron chi connectivity index (χ4n) is 3.00. The summed E-state index contributed by atoms with van der Waals surface area (Å²) in [6, 6.07) is 11.3. The first kappa shape index (κ1) is 18.9. The van der Waals surface area contributed by atoms with Crippen LogP contribution in [0.4, 0.5) is 0 Å². The number of ether oxygens (including phenoxy) is 2. The Hall–Kier alpha value is -1.92. The number of amides is 1. The minimum absolute atomic E-state index is 0.0488. The van der Waals surface area contributed by atoms with Gasteiger partial charge in [0, 0.05) is 36.6 Å². The monoisotopic (exact) mass is 418 g/mol. The molecule has 1 aromatic heterocycles. The molecule has 3 rings (SSSR count). The summed E-state index contributed by atoms with van der Waals surface area (Å²) in [6.45, 7) is 3.63. The van der Waals surface area contributed by atoms with Gasteiger partial charge in [-0.25, -0.2) is 0 Å². The molecule has 1 saturated heterocycles. The van der Waals surface area contributed by atoms with E-state index in [1.165, 1.54) is 0 Å². The number of aromatic nitrogens is 1. The van der Waals surface area contributed by atoms with Crippen LogP contribution in [0.5, 0.6) is 5.75 Å². The lowest BCUT2D eigenvalue weighted by Crippen LogP contribution is -2.43. The number of benzene rings is 1. The number of rotatable bonds is 7. The van der Waals surface area contributed by atoms with Crippen LogP contribution in [-0.4, -0.2) is 41.2 Å². The Labute approximate surface area is 162 Å². The molecule has 1 aromatic carbocycles. The van der Waals surface area contributed by atoms with E-state index in [-0.39, 0.29) is 12.0 Å². The summed E-state index contributed by atoms with van der Waals surface area (Å²) in [6.07, 6.45) is 5.07. The number of hydrogen-bond donors (Lipinski definition) is 0. The Balaban J connectivity index is 1.68. The van der Waals surface area contributed by atoms with Crippen molar-refractivity contribution < 1.29 is 14.3 Å². The quantitative estimate of drug-likeness (QED) is 0.685. The molecule has 1 aliphatic heterocycles. The highest BCUT2D eigenvalue weighted by atomic mass is 79.9. The molecular formula is C20H23BrN2O3. The van der Waals surface area contributed by atoms with E-state index in [0.29, 0.717) is 18.8 Å². The van der Waals surface area contributed by atoms with Gasteiger partial charge >= 0.3 is 0 Å². The lowest BCUT2D eigenvalue weighted by Gasteiger charge is -2.28. The van der Waals surface area contributed by atoms with Gasteiger partial charge in [-0.3, -0.25) is 9.78 Å². The van der Waals surface area contributed by atoms with Crippen LogP contribution < -0.4 is 4.74 Å². The number of carbonyl (C=O) groups is 1. The van der Waals surface area contributed by atoms with Crippen LogP contribution in [-0.2, 0) is 16.1 Å². The molecule has 1 amide bonds. The summed E-state index contributed by atoms with van der Waals surface area (Å²) < 4.78 is 12.5. The maximum Gasteiger partial charge on any atom is 0.263 e. The standard InChI is InChI=1S/C20H23BrN2O3/c1-15(26-18-8-6-17(21)7-9-18)20(24)23(14-19-5-3-11-25-19)13-16-4-2-10-22-12-16/h2,4,6-10,12,15,19H,3,5,11,13-14H2,1H3. The van der Waals surface area contributed by atoms with Gasteiger partial charge in [-0.05, 0) is 55.7 Å². The Bertz CT molecular complexity index is 703. The SMILES string of the molecule is CC(Oc1ccc(Br)cc1)C(=O)N(Cc1cccnc1)CC1CCCO1. The summed E-state index contributed by atoms with van der Waals surface area (Å²) in [4.78, 5) is 19.0. The first-order valence-electron chi connectivity index (χ1n) is 8.83. The second kappa shape index (κ2) is 9.14. The molecule has 6 heteroatoms. The Kier molecular flexibility index (Phi) is 6.63. The molecule has 138 valence electrons. The van der Waals surface area contributed by atoms with Gasteiger partial charge in [0.1, 0.15) is 5.75 Å². The van der Waals surface area contributed by atoms with Gasteiger partial charge in [-0.15, -0.1) is 0 Å². The van der Waals surface area contributed by atoms with Crippen molar-refractivity contribution >= 4 is 21.8 Å². The van der Waals surface area contributed by atoms with Crippen LogP contribution in [0.25, 0.3) is 0 Å². The van der Waals surface area contributed by atoms with Crippen molar-refractivity contribution in [1.82, 2.24) is 9.88 Å². The molecule has 2 aromatic rings. The zero-order valence-corrected chi connectivity index (χ0v) is 16.4. The molecule has 2 atom stereocenters. The molecule has 26 heavy (non-hydrogen) atoms. The fraction of sp³-hybridized carbons (Fsp3) is 0.400. The maximum atomic E-state index is 13.0. The molecule has 1 fully saturated rings. The molecule has 0 N–H and O–H groups in total. The first-order chi connectivity index (χ1) is 12.6. The van der Waals surface area contributed by atoms with Crippen LogP contribution >= 0.6 is 15.9 Å². The minimum Gasteiger partial charge on any atom is -0.481 e. The molecule has 0 bridgehead atoms. The number of hydrogen-bond acceptors (Lipinski definition) is 4. The smallest absolute Gasteiger partial charge is 0.263 e. The largest absolute Gasteiger partial charge is 0.481 e. The Morgan fingerprint density at radius 3 is 2.85 bits per heavy atom. The van der Waals surface area contributed by atoms with Crippen LogP contribution in [0.15, 0.2) is 53.3 Å². The third kappa shape index (κ3) is 5.29. The van der Waals surface area contributed by atoms with Crippen LogP contribution in [0, 0.1) is 0 Å². The normalized spacial score (nSPS) is 17.7. The zero-order chi connectivity index (χ0) is 18.4. The molecule has 1 aliphatic rings. The molecule has 0 aliphatic carbocycles. The van der Waals surface area contributed by atoms with Crippen molar-refractivity contribution in [1.29, 1.82) is 0 Å². The minimum atomic E-state index is -0.575. The summed E-state index contributed by atoms with van der Waals surface area (Å²) in [7, 11) is 0. The molecule has 0 radical (unpaired) electrons. The van der Waals surface area contributed by atoms with E-state index in [4.69, 9.17) is 9.47 Å². The zero-order valence-electron chi connectivity index (χ0n) is 14.8. The molecule has 2 unspecified atom stereocenters. The van der Waals surface area contributed by atoms with Crippen molar-refractivity contribution in [2.45, 2.75) is 38.5 Å². The van der Waals surface area contributed by atoms with Crippen LogP contribution in [0.1, 0.15) is 25.3 Å². The van der Waals surface area contributed by atoms with Gasteiger partial charge in [0.05, 0.1) is 6.10 Å². The average Bonchev–Trinajstić information content (AvgIpc) is 3.16. The molecule has 5 nitrogen and oxygen atoms in total. The highest BCUT2D eigenvalue weighted by molar-refractivity contribution is 9.10. The first-order valence-corrected chi connectivity index (χ1v) is 9.62. The fourth-order valence-corrected chi connectivity index (χ4v) is 3.27. The van der Waals surface area contributed by atoms with Gasteiger partial charge in [-0.2, -0.15) is 0 Å². The van der Waals surface area contributed by atoms with Crippen molar-refractivity contribution in [3.63, 3.8) is 0 Å². The summed E-state index contributed by atoms with van der Waals surface area (Å²) in [5.74, 6) is 0.625. The Morgan fingerprint density at radius 1 is 1.38 bits per heavy atom. The number of carbonyl (C=O) groups excluding carboxylic acids is 1. The summed E-state index contributed by atoms with van der Waals surface area (Å²) in [5.41, 5.74) is 0.995. The van der Waals surface area contributed by atoms with Gasteiger partial charge in [0.2, 0.25) is 0 Å². The molecule has 0 spiro atoms. The van der Waals surface area contributed by atoms with Crippen molar-refractivity contribution in [3.8, 4) is 5.75 Å². The van der Waals surface area contributed by atoms with Gasteiger partial charge in [-0.1, -0.05) is 22.0 Å². The van der Waals surface area contributed by atoms with Crippen molar-refractivity contribution in [2.24, 2.45) is 0 Å². The van der Waals surface area contributed by atoms with Crippen LogP contribution in [0.2, 0.25) is 0 Å². The van der Waals surface area contributed by atoms with E-state index in [0.717, 1.165) is 29.5 Å². The maximum absolute atomic E-state index is 13.0. The molecule has 2 heterocycles. The second-order valence-electron chi connectivity index (χ2n) is 6.43. The summed E-state index contributed by atoms with van der Waals surface area (Å²) >= 11 is 3.40. The van der Waals surface area contributed by atoms with E-state index in [9.17, 15) is 4.79 Å².